The van der Waals surface area contributed by atoms with Gasteiger partial charge in [0.1, 0.15) is 18.0 Å². The van der Waals surface area contributed by atoms with Crippen molar-refractivity contribution >= 4 is 21.6 Å². The Bertz CT molecular complexity index is 1080. The lowest BCUT2D eigenvalue weighted by atomic mass is 9.84. The van der Waals surface area contributed by atoms with Crippen molar-refractivity contribution in [2.45, 2.75) is 42.0 Å². The average molecular weight is 477 g/mol. The van der Waals surface area contributed by atoms with Crippen molar-refractivity contribution in [3.8, 4) is 5.75 Å². The summed E-state index contributed by atoms with van der Waals surface area (Å²) in [4.78, 5) is 12.4. The van der Waals surface area contributed by atoms with Gasteiger partial charge < -0.3 is 24.6 Å². The molecule has 2 aromatic rings. The molecule has 1 fully saturated rings. The Morgan fingerprint density at radius 2 is 2.00 bits per heavy atom. The van der Waals surface area contributed by atoms with E-state index in [2.05, 4.69) is 10.0 Å². The lowest BCUT2D eigenvalue weighted by molar-refractivity contribution is -0.142. The van der Waals surface area contributed by atoms with E-state index in [1.54, 1.807) is 43.5 Å². The highest BCUT2D eigenvalue weighted by atomic mass is 32.2. The quantitative estimate of drug-likeness (QED) is 0.470. The maximum Gasteiger partial charge on any atom is 0.261 e. The van der Waals surface area contributed by atoms with Crippen LogP contribution < -0.4 is 14.8 Å². The predicted molar refractivity (Wildman–Crippen MR) is 121 cm³/mol. The van der Waals surface area contributed by atoms with Crippen molar-refractivity contribution in [2.24, 2.45) is 0 Å². The van der Waals surface area contributed by atoms with Crippen LogP contribution >= 0.6 is 0 Å². The first kappa shape index (κ1) is 23.5. The first-order chi connectivity index (χ1) is 15.9. The summed E-state index contributed by atoms with van der Waals surface area (Å²) >= 11 is 0. The van der Waals surface area contributed by atoms with E-state index in [-0.39, 0.29) is 29.7 Å². The van der Waals surface area contributed by atoms with Gasteiger partial charge in [-0.2, -0.15) is 0 Å². The highest BCUT2D eigenvalue weighted by Gasteiger charge is 2.46. The van der Waals surface area contributed by atoms with Gasteiger partial charge in [-0.15, -0.1) is 0 Å². The molecule has 2 aliphatic heterocycles. The number of ether oxygens (including phenoxy) is 3. The molecule has 2 aliphatic rings. The third-order valence-electron chi connectivity index (χ3n) is 5.85. The van der Waals surface area contributed by atoms with Crippen LogP contribution in [0.2, 0.25) is 0 Å². The van der Waals surface area contributed by atoms with E-state index in [0.29, 0.717) is 31.0 Å². The molecule has 3 N–H and O–H groups in total. The molecule has 4 atom stereocenters. The molecular weight excluding hydrogens is 448 g/mol. The van der Waals surface area contributed by atoms with Gasteiger partial charge in [-0.3, -0.25) is 9.52 Å². The lowest BCUT2D eigenvalue weighted by Crippen LogP contribution is -2.47. The summed E-state index contributed by atoms with van der Waals surface area (Å²) in [6.07, 6.45) is -0.721. The Balaban J connectivity index is 1.51. The molecule has 1 saturated heterocycles. The number of carbonyl (C=O) groups excluding carboxylic acids is 1. The number of methoxy groups -OCH3 is 1. The molecule has 9 nitrogen and oxygen atoms in total. The van der Waals surface area contributed by atoms with Crippen LogP contribution in [-0.4, -0.2) is 64.6 Å². The Hall–Kier alpha value is -2.66. The Labute approximate surface area is 193 Å². The second-order valence-corrected chi connectivity index (χ2v) is 9.80. The molecule has 2 aromatic carbocycles. The second-order valence-electron chi connectivity index (χ2n) is 8.12. The smallest absolute Gasteiger partial charge is 0.261 e. The fourth-order valence-corrected chi connectivity index (χ4v) is 5.41. The van der Waals surface area contributed by atoms with E-state index in [1.165, 1.54) is 12.1 Å². The van der Waals surface area contributed by atoms with Crippen LogP contribution in [0.3, 0.4) is 0 Å². The van der Waals surface area contributed by atoms with E-state index in [0.717, 1.165) is 5.56 Å². The summed E-state index contributed by atoms with van der Waals surface area (Å²) in [7, 11) is -2.17. The van der Waals surface area contributed by atoms with Crippen LogP contribution in [0.4, 0.5) is 5.69 Å². The van der Waals surface area contributed by atoms with Crippen LogP contribution in [0.25, 0.3) is 0 Å². The maximum absolute atomic E-state index is 12.7. The summed E-state index contributed by atoms with van der Waals surface area (Å²) in [5.74, 6) is 0.333. The van der Waals surface area contributed by atoms with E-state index in [1.807, 2.05) is 0 Å². The molecule has 2 heterocycles. The van der Waals surface area contributed by atoms with Crippen molar-refractivity contribution in [3.63, 3.8) is 0 Å². The first-order valence-electron chi connectivity index (χ1n) is 10.8. The van der Waals surface area contributed by atoms with Crippen LogP contribution in [0.1, 0.15) is 24.3 Å². The first-order valence-corrected chi connectivity index (χ1v) is 12.3. The van der Waals surface area contributed by atoms with Gasteiger partial charge >= 0.3 is 0 Å². The van der Waals surface area contributed by atoms with E-state index >= 15 is 0 Å². The number of carbonyl (C=O) groups is 1. The number of benzene rings is 2. The monoisotopic (exact) mass is 476 g/mol. The standard InChI is InChI=1S/C23H28N2O7S/c1-30-10-9-24-22(27)13-16-12-19-18-11-15(25-33(28,29)17-5-3-2-4-6-17)7-8-20(18)32-23(19)21(14-26)31-16/h2-8,11,16,19,21,23,25-26H,9-10,12-14H2,1H3,(H,24,27)/t16-,19+,21-,23-/m0/s1. The number of aliphatic hydroxyl groups excluding tert-OH is 1. The van der Waals surface area contributed by atoms with Crippen LogP contribution in [-0.2, 0) is 24.3 Å². The van der Waals surface area contributed by atoms with Gasteiger partial charge in [0.15, 0.2) is 0 Å². The number of anilines is 1. The maximum atomic E-state index is 12.7. The number of rotatable bonds is 9. The number of hydrogen-bond donors (Lipinski definition) is 3. The van der Waals surface area contributed by atoms with Gasteiger partial charge in [0.25, 0.3) is 10.0 Å². The molecule has 0 aromatic heterocycles. The second kappa shape index (κ2) is 10.1. The van der Waals surface area contributed by atoms with Crippen molar-refractivity contribution in [3.05, 3.63) is 54.1 Å². The Kier molecular flexibility index (Phi) is 7.18. The highest BCUT2D eigenvalue weighted by Crippen LogP contribution is 2.47. The molecule has 1 amide bonds. The minimum atomic E-state index is -3.73. The molecule has 10 heteroatoms. The summed E-state index contributed by atoms with van der Waals surface area (Å²) < 4.78 is 45.0. The molecule has 4 rings (SSSR count). The van der Waals surface area contributed by atoms with Gasteiger partial charge in [-0.05, 0) is 36.8 Å². The molecule has 0 saturated carbocycles. The SMILES string of the molecule is COCCNC(=O)C[C@@H]1C[C@@H]2c3cc(NS(=O)(=O)c4ccccc4)ccc3O[C@@H]2[C@H](CO)O1. The highest BCUT2D eigenvalue weighted by molar-refractivity contribution is 7.92. The zero-order chi connectivity index (χ0) is 23.4. The average Bonchev–Trinajstić information content (AvgIpc) is 3.17. The Morgan fingerprint density at radius 1 is 1.21 bits per heavy atom. The number of sulfonamides is 1. The summed E-state index contributed by atoms with van der Waals surface area (Å²) in [6.45, 7) is 0.586. The third-order valence-corrected chi connectivity index (χ3v) is 7.24. The molecule has 178 valence electrons. The van der Waals surface area contributed by atoms with Crippen molar-refractivity contribution in [1.82, 2.24) is 5.32 Å². The molecular formula is C23H28N2O7S. The van der Waals surface area contributed by atoms with Crippen LogP contribution in [0.5, 0.6) is 5.75 Å². The molecule has 0 unspecified atom stereocenters. The molecule has 0 radical (unpaired) electrons. The van der Waals surface area contributed by atoms with Gasteiger partial charge in [-0.1, -0.05) is 18.2 Å². The van der Waals surface area contributed by atoms with E-state index in [4.69, 9.17) is 14.2 Å². The molecule has 0 bridgehead atoms. The number of amides is 1. The van der Waals surface area contributed by atoms with Crippen LogP contribution in [0, 0.1) is 0 Å². The third kappa shape index (κ3) is 5.30. The number of nitrogens with one attached hydrogen (secondary N) is 2. The van der Waals surface area contributed by atoms with Crippen LogP contribution in [0.15, 0.2) is 53.4 Å². The fraction of sp³-hybridized carbons (Fsp3) is 0.435. The van der Waals surface area contributed by atoms with Gasteiger partial charge in [0.2, 0.25) is 5.91 Å². The molecule has 33 heavy (non-hydrogen) atoms. The zero-order valence-electron chi connectivity index (χ0n) is 18.3. The fourth-order valence-electron chi connectivity index (χ4n) is 4.34. The minimum absolute atomic E-state index is 0.135. The van der Waals surface area contributed by atoms with Gasteiger partial charge in [0.05, 0.1) is 30.6 Å². The normalized spacial score (nSPS) is 23.8. The number of fused-ring (bicyclic) bond motifs is 3. The molecule has 0 aliphatic carbocycles. The van der Waals surface area contributed by atoms with E-state index in [9.17, 15) is 18.3 Å². The van der Waals surface area contributed by atoms with Gasteiger partial charge in [-0.25, -0.2) is 8.42 Å². The predicted octanol–water partition coefficient (Wildman–Crippen LogP) is 1.63. The Morgan fingerprint density at radius 3 is 2.73 bits per heavy atom. The van der Waals surface area contributed by atoms with Crippen molar-refractivity contribution in [2.75, 3.05) is 31.6 Å². The zero-order valence-corrected chi connectivity index (χ0v) is 19.1. The minimum Gasteiger partial charge on any atom is -0.487 e. The molecule has 0 spiro atoms. The summed E-state index contributed by atoms with van der Waals surface area (Å²) in [6, 6.07) is 13.3. The van der Waals surface area contributed by atoms with Crippen molar-refractivity contribution in [1.29, 1.82) is 0 Å². The van der Waals surface area contributed by atoms with Gasteiger partial charge in [0, 0.05) is 30.8 Å². The topological polar surface area (TPSA) is 123 Å². The largest absolute Gasteiger partial charge is 0.487 e. The number of aliphatic hydroxyl groups is 1. The summed E-state index contributed by atoms with van der Waals surface area (Å²) in [5, 5.41) is 12.6. The summed E-state index contributed by atoms with van der Waals surface area (Å²) in [5.41, 5.74) is 1.25. The van der Waals surface area contributed by atoms with Crippen molar-refractivity contribution < 1.29 is 32.5 Å². The van der Waals surface area contributed by atoms with E-state index < -0.39 is 28.3 Å². The number of hydrogen-bond acceptors (Lipinski definition) is 7. The lowest BCUT2D eigenvalue weighted by Gasteiger charge is -2.37.